The van der Waals surface area contributed by atoms with E-state index < -0.39 is 0 Å². The van der Waals surface area contributed by atoms with Crippen molar-refractivity contribution in [3.05, 3.63) is 65.2 Å². The Morgan fingerprint density at radius 2 is 1.62 bits per heavy atom. The molecule has 1 N–H and O–H groups in total. The Morgan fingerprint density at radius 1 is 0.958 bits per heavy atom. The summed E-state index contributed by atoms with van der Waals surface area (Å²) in [7, 11) is 0. The van der Waals surface area contributed by atoms with Gasteiger partial charge in [-0.1, -0.05) is 17.7 Å². The van der Waals surface area contributed by atoms with E-state index in [9.17, 15) is 4.39 Å². The number of hydrogen-bond acceptors (Lipinski definition) is 5. The lowest BCUT2D eigenvalue weighted by atomic mass is 10.1. The van der Waals surface area contributed by atoms with Crippen LogP contribution in [-0.2, 0) is 0 Å². The van der Waals surface area contributed by atoms with E-state index in [0.717, 1.165) is 16.9 Å². The molecule has 0 spiro atoms. The van der Waals surface area contributed by atoms with E-state index in [1.165, 1.54) is 24.0 Å². The van der Waals surface area contributed by atoms with E-state index in [-0.39, 0.29) is 11.8 Å². The number of nitrogens with zero attached hydrogens (tertiary/aromatic N) is 3. The lowest BCUT2D eigenvalue weighted by Crippen LogP contribution is -2.01. The van der Waals surface area contributed by atoms with Crippen LogP contribution in [0.5, 0.6) is 11.8 Å². The quantitative estimate of drug-likeness (QED) is 0.767. The van der Waals surface area contributed by atoms with Gasteiger partial charge >= 0.3 is 6.01 Å². The summed E-state index contributed by atoms with van der Waals surface area (Å²) in [6.45, 7) is 6.00. The van der Waals surface area contributed by atoms with Gasteiger partial charge in [0.1, 0.15) is 17.9 Å². The summed E-state index contributed by atoms with van der Waals surface area (Å²) in [6, 6.07) is 10.2. The van der Waals surface area contributed by atoms with E-state index in [1.54, 1.807) is 12.1 Å². The first-order valence-electron chi connectivity index (χ1n) is 7.48. The molecule has 1 heterocycles. The van der Waals surface area contributed by atoms with Crippen molar-refractivity contribution in [1.29, 1.82) is 0 Å². The van der Waals surface area contributed by atoms with Crippen molar-refractivity contribution >= 4 is 11.6 Å². The summed E-state index contributed by atoms with van der Waals surface area (Å²) in [5.74, 6) is 0.763. The predicted octanol–water partition coefficient (Wildman–Crippen LogP) is 4.47. The monoisotopic (exact) mass is 324 g/mol. The van der Waals surface area contributed by atoms with E-state index >= 15 is 0 Å². The van der Waals surface area contributed by atoms with E-state index in [1.807, 2.05) is 32.9 Å². The zero-order chi connectivity index (χ0) is 17.1. The molecule has 0 bridgehead atoms. The number of aryl methyl sites for hydroxylation is 3. The zero-order valence-corrected chi connectivity index (χ0v) is 13.7. The van der Waals surface area contributed by atoms with Crippen molar-refractivity contribution in [3.8, 4) is 11.8 Å². The number of anilines is 2. The highest BCUT2D eigenvalue weighted by Crippen LogP contribution is 2.28. The van der Waals surface area contributed by atoms with Gasteiger partial charge in [-0.2, -0.15) is 9.97 Å². The minimum Gasteiger partial charge on any atom is -0.424 e. The number of nitrogens with one attached hydrogen (secondary N) is 1. The van der Waals surface area contributed by atoms with E-state index in [0.29, 0.717) is 11.6 Å². The molecular formula is C18H17FN4O. The fourth-order valence-electron chi connectivity index (χ4n) is 2.47. The van der Waals surface area contributed by atoms with Gasteiger partial charge in [-0.25, -0.2) is 9.37 Å². The molecule has 1 aromatic heterocycles. The summed E-state index contributed by atoms with van der Waals surface area (Å²) in [4.78, 5) is 12.3. The van der Waals surface area contributed by atoms with Crippen LogP contribution in [0.1, 0.15) is 16.7 Å². The normalized spacial score (nSPS) is 10.5. The van der Waals surface area contributed by atoms with Crippen LogP contribution in [0.4, 0.5) is 16.0 Å². The summed E-state index contributed by atoms with van der Waals surface area (Å²) >= 11 is 0. The SMILES string of the molecule is Cc1cc(C)c(Oc2ncnc(Nc3ccc(F)cc3)n2)c(C)c1. The van der Waals surface area contributed by atoms with Crippen molar-refractivity contribution < 1.29 is 9.13 Å². The van der Waals surface area contributed by atoms with Crippen LogP contribution in [0, 0.1) is 26.6 Å². The lowest BCUT2D eigenvalue weighted by Gasteiger charge is -2.12. The van der Waals surface area contributed by atoms with Gasteiger partial charge in [0.15, 0.2) is 0 Å². The van der Waals surface area contributed by atoms with Gasteiger partial charge in [0.05, 0.1) is 0 Å². The average Bonchev–Trinajstić information content (AvgIpc) is 2.53. The Kier molecular flexibility index (Phi) is 4.37. The van der Waals surface area contributed by atoms with Gasteiger partial charge in [-0.15, -0.1) is 0 Å². The number of rotatable bonds is 4. The standard InChI is InChI=1S/C18H17FN4O/c1-11-8-12(2)16(13(3)9-11)24-18-21-10-20-17(23-18)22-15-6-4-14(19)5-7-15/h4-10H,1-3H3,(H,20,21,22,23). The molecule has 0 aliphatic heterocycles. The van der Waals surface area contributed by atoms with Crippen molar-refractivity contribution in [2.45, 2.75) is 20.8 Å². The smallest absolute Gasteiger partial charge is 0.326 e. The number of aromatic nitrogens is 3. The lowest BCUT2D eigenvalue weighted by molar-refractivity contribution is 0.434. The van der Waals surface area contributed by atoms with Gasteiger partial charge in [0.25, 0.3) is 0 Å². The fraction of sp³-hybridized carbons (Fsp3) is 0.167. The summed E-state index contributed by atoms with van der Waals surface area (Å²) in [5, 5.41) is 2.99. The molecule has 0 unspecified atom stereocenters. The summed E-state index contributed by atoms with van der Waals surface area (Å²) in [5.41, 5.74) is 3.88. The topological polar surface area (TPSA) is 59.9 Å². The molecule has 0 atom stereocenters. The molecule has 6 heteroatoms. The highest BCUT2D eigenvalue weighted by Gasteiger charge is 2.09. The van der Waals surface area contributed by atoms with Gasteiger partial charge in [0.2, 0.25) is 5.95 Å². The minimum absolute atomic E-state index is 0.199. The van der Waals surface area contributed by atoms with Crippen LogP contribution >= 0.6 is 0 Å². The highest BCUT2D eigenvalue weighted by atomic mass is 19.1. The van der Waals surface area contributed by atoms with E-state index in [4.69, 9.17) is 4.74 Å². The van der Waals surface area contributed by atoms with Crippen molar-refractivity contribution in [3.63, 3.8) is 0 Å². The van der Waals surface area contributed by atoms with Gasteiger partial charge in [-0.3, -0.25) is 0 Å². The van der Waals surface area contributed by atoms with Crippen LogP contribution in [0.2, 0.25) is 0 Å². The molecule has 0 aliphatic carbocycles. The molecule has 24 heavy (non-hydrogen) atoms. The maximum Gasteiger partial charge on any atom is 0.326 e. The Balaban J connectivity index is 1.82. The Bertz CT molecular complexity index is 842. The fourth-order valence-corrected chi connectivity index (χ4v) is 2.47. The predicted molar refractivity (Wildman–Crippen MR) is 90.2 cm³/mol. The molecule has 0 radical (unpaired) electrons. The third kappa shape index (κ3) is 3.65. The Hall–Kier alpha value is -3.02. The van der Waals surface area contributed by atoms with Crippen molar-refractivity contribution in [2.24, 2.45) is 0 Å². The van der Waals surface area contributed by atoms with Crippen LogP contribution in [0.15, 0.2) is 42.7 Å². The van der Waals surface area contributed by atoms with Crippen molar-refractivity contribution in [1.82, 2.24) is 15.0 Å². The second-order valence-electron chi connectivity index (χ2n) is 5.55. The first kappa shape index (κ1) is 15.9. The maximum absolute atomic E-state index is 12.9. The summed E-state index contributed by atoms with van der Waals surface area (Å²) < 4.78 is 18.8. The van der Waals surface area contributed by atoms with E-state index in [2.05, 4.69) is 20.3 Å². The van der Waals surface area contributed by atoms with Gasteiger partial charge in [0, 0.05) is 5.69 Å². The maximum atomic E-state index is 12.9. The second kappa shape index (κ2) is 6.62. The van der Waals surface area contributed by atoms with Gasteiger partial charge < -0.3 is 10.1 Å². The van der Waals surface area contributed by atoms with Crippen LogP contribution in [0.3, 0.4) is 0 Å². The first-order valence-corrected chi connectivity index (χ1v) is 7.48. The molecule has 0 aliphatic rings. The molecule has 5 nitrogen and oxygen atoms in total. The minimum atomic E-state index is -0.300. The molecule has 0 saturated carbocycles. The van der Waals surface area contributed by atoms with Crippen molar-refractivity contribution in [2.75, 3.05) is 5.32 Å². The number of halogens is 1. The molecule has 0 saturated heterocycles. The van der Waals surface area contributed by atoms with Crippen LogP contribution < -0.4 is 10.1 Å². The molecule has 3 rings (SSSR count). The Morgan fingerprint density at radius 3 is 2.29 bits per heavy atom. The molecule has 3 aromatic rings. The second-order valence-corrected chi connectivity index (χ2v) is 5.55. The molecule has 0 amide bonds. The first-order chi connectivity index (χ1) is 11.5. The third-order valence-corrected chi connectivity index (χ3v) is 3.45. The number of benzene rings is 2. The third-order valence-electron chi connectivity index (χ3n) is 3.45. The Labute approximate surface area is 139 Å². The highest BCUT2D eigenvalue weighted by molar-refractivity contribution is 5.52. The van der Waals surface area contributed by atoms with Gasteiger partial charge in [-0.05, 0) is 56.2 Å². The molecule has 0 fully saturated rings. The number of ether oxygens (including phenoxy) is 1. The zero-order valence-electron chi connectivity index (χ0n) is 13.7. The van der Waals surface area contributed by atoms with Crippen LogP contribution in [-0.4, -0.2) is 15.0 Å². The number of hydrogen-bond donors (Lipinski definition) is 1. The molecular weight excluding hydrogens is 307 g/mol. The molecule has 122 valence electrons. The van der Waals surface area contributed by atoms with Crippen LogP contribution in [0.25, 0.3) is 0 Å². The summed E-state index contributed by atoms with van der Waals surface area (Å²) in [6.07, 6.45) is 1.37. The molecule has 2 aromatic carbocycles. The largest absolute Gasteiger partial charge is 0.424 e. The average molecular weight is 324 g/mol.